The number of benzene rings is 1. The molecule has 0 aliphatic heterocycles. The second kappa shape index (κ2) is 5.12. The van der Waals surface area contributed by atoms with E-state index in [1.807, 2.05) is 18.2 Å². The van der Waals surface area contributed by atoms with E-state index in [9.17, 15) is 9.90 Å². The van der Waals surface area contributed by atoms with Crippen LogP contribution in [0.5, 0.6) is 0 Å². The minimum Gasteiger partial charge on any atom is -0.468 e. The second-order valence-electron chi connectivity index (χ2n) is 4.13. The normalized spacial score (nSPS) is 12.7. The van der Waals surface area contributed by atoms with Gasteiger partial charge in [-0.2, -0.15) is 0 Å². The molecule has 0 amide bonds. The predicted molar refractivity (Wildman–Crippen MR) is 72.3 cm³/mol. The molecular formula is C13H14BrNO3. The van der Waals surface area contributed by atoms with E-state index < -0.39 is 6.10 Å². The van der Waals surface area contributed by atoms with Crippen molar-refractivity contribution in [2.24, 2.45) is 0 Å². The van der Waals surface area contributed by atoms with Crippen molar-refractivity contribution in [3.05, 3.63) is 34.4 Å². The molecule has 1 aromatic heterocycles. The zero-order chi connectivity index (χ0) is 13.3. The van der Waals surface area contributed by atoms with Crippen molar-refractivity contribution in [1.29, 1.82) is 0 Å². The van der Waals surface area contributed by atoms with Crippen molar-refractivity contribution in [3.63, 3.8) is 0 Å². The molecule has 5 heteroatoms. The molecule has 0 aliphatic carbocycles. The molecule has 1 aromatic carbocycles. The number of rotatable bonds is 3. The molecule has 2 aromatic rings. The number of aliphatic hydroxyl groups is 1. The van der Waals surface area contributed by atoms with Gasteiger partial charge in [0.2, 0.25) is 0 Å². The predicted octanol–water partition coefficient (Wildman–Crippen LogP) is 2.63. The Bertz CT molecular complexity index is 589. The Morgan fingerprint density at radius 3 is 2.89 bits per heavy atom. The van der Waals surface area contributed by atoms with Gasteiger partial charge in [-0.1, -0.05) is 15.9 Å². The molecule has 2 rings (SSSR count). The molecular weight excluding hydrogens is 298 g/mol. The van der Waals surface area contributed by atoms with Crippen molar-refractivity contribution in [2.45, 2.75) is 19.6 Å². The highest BCUT2D eigenvalue weighted by atomic mass is 79.9. The van der Waals surface area contributed by atoms with E-state index in [1.54, 1.807) is 17.7 Å². The number of nitrogens with zero attached hydrogens (tertiary/aromatic N) is 1. The number of ether oxygens (including phenoxy) is 1. The Balaban J connectivity index is 2.57. The van der Waals surface area contributed by atoms with Gasteiger partial charge >= 0.3 is 5.97 Å². The number of aliphatic hydroxyl groups excluding tert-OH is 1. The molecule has 18 heavy (non-hydrogen) atoms. The summed E-state index contributed by atoms with van der Waals surface area (Å²) in [5.41, 5.74) is 1.70. The van der Waals surface area contributed by atoms with Crippen molar-refractivity contribution >= 4 is 32.8 Å². The van der Waals surface area contributed by atoms with Crippen LogP contribution in [0.25, 0.3) is 10.9 Å². The molecule has 0 saturated heterocycles. The first-order chi connectivity index (χ1) is 8.52. The van der Waals surface area contributed by atoms with Crippen LogP contribution < -0.4 is 0 Å². The van der Waals surface area contributed by atoms with E-state index in [1.165, 1.54) is 7.11 Å². The first-order valence-electron chi connectivity index (χ1n) is 5.56. The Hall–Kier alpha value is -1.33. The number of carbonyl (C=O) groups is 1. The van der Waals surface area contributed by atoms with Gasteiger partial charge < -0.3 is 14.4 Å². The Morgan fingerprint density at radius 1 is 1.56 bits per heavy atom. The van der Waals surface area contributed by atoms with Crippen LogP contribution >= 0.6 is 15.9 Å². The maximum atomic E-state index is 11.4. The van der Waals surface area contributed by atoms with Gasteiger partial charge in [-0.3, -0.25) is 4.79 Å². The van der Waals surface area contributed by atoms with Crippen LogP contribution in [-0.2, 0) is 16.1 Å². The van der Waals surface area contributed by atoms with E-state index in [0.717, 1.165) is 20.9 Å². The summed E-state index contributed by atoms with van der Waals surface area (Å²) < 4.78 is 7.39. The minimum atomic E-state index is -0.583. The lowest BCUT2D eigenvalue weighted by atomic mass is 10.1. The first-order valence-corrected chi connectivity index (χ1v) is 6.35. The molecule has 0 fully saturated rings. The summed E-state index contributed by atoms with van der Waals surface area (Å²) in [6.07, 6.45) is 1.21. The third-order valence-corrected chi connectivity index (χ3v) is 3.34. The van der Waals surface area contributed by atoms with Crippen molar-refractivity contribution in [3.8, 4) is 0 Å². The highest BCUT2D eigenvalue weighted by Crippen LogP contribution is 2.29. The first kappa shape index (κ1) is 13.1. The number of hydrogen-bond donors (Lipinski definition) is 1. The fraction of sp³-hybridized carbons (Fsp3) is 0.308. The monoisotopic (exact) mass is 311 g/mol. The van der Waals surface area contributed by atoms with E-state index >= 15 is 0 Å². The smallest absolute Gasteiger partial charge is 0.325 e. The molecule has 0 bridgehead atoms. The molecule has 1 unspecified atom stereocenters. The Morgan fingerprint density at radius 2 is 2.28 bits per heavy atom. The maximum absolute atomic E-state index is 11.4. The summed E-state index contributed by atoms with van der Waals surface area (Å²) >= 11 is 3.41. The lowest BCUT2D eigenvalue weighted by Gasteiger charge is -2.03. The van der Waals surface area contributed by atoms with E-state index in [4.69, 9.17) is 0 Å². The van der Waals surface area contributed by atoms with Crippen LogP contribution in [0, 0.1) is 0 Å². The highest BCUT2D eigenvalue weighted by Gasteiger charge is 2.14. The third kappa shape index (κ3) is 2.42. The highest BCUT2D eigenvalue weighted by molar-refractivity contribution is 9.10. The van der Waals surface area contributed by atoms with Crippen LogP contribution in [0.2, 0.25) is 0 Å². The van der Waals surface area contributed by atoms with Gasteiger partial charge in [0.05, 0.1) is 13.2 Å². The number of fused-ring (bicyclic) bond motifs is 1. The summed E-state index contributed by atoms with van der Waals surface area (Å²) in [6.45, 7) is 1.85. The molecule has 0 saturated carbocycles. The van der Waals surface area contributed by atoms with Gasteiger partial charge in [0.25, 0.3) is 0 Å². The quantitative estimate of drug-likeness (QED) is 0.887. The summed E-state index contributed by atoms with van der Waals surface area (Å²) in [5, 5.41) is 10.7. The SMILES string of the molecule is COC(=O)Cn1cc(C(C)O)c2cc(Br)ccc21. The molecule has 4 nitrogen and oxygen atoms in total. The van der Waals surface area contributed by atoms with Gasteiger partial charge in [-0.15, -0.1) is 0 Å². The van der Waals surface area contributed by atoms with Gasteiger partial charge in [-0.25, -0.2) is 0 Å². The van der Waals surface area contributed by atoms with E-state index in [-0.39, 0.29) is 12.5 Å². The molecule has 0 aliphatic rings. The number of halogens is 1. The standard InChI is InChI=1S/C13H14BrNO3/c1-8(16)11-6-15(7-13(17)18-2)12-4-3-9(14)5-10(11)12/h3-6,8,16H,7H2,1-2H3. The molecule has 1 heterocycles. The van der Waals surface area contributed by atoms with E-state index in [0.29, 0.717) is 0 Å². The Labute approximate surface area is 113 Å². The van der Waals surface area contributed by atoms with Crippen LogP contribution in [0.4, 0.5) is 0 Å². The van der Waals surface area contributed by atoms with Crippen LogP contribution in [-0.4, -0.2) is 22.8 Å². The van der Waals surface area contributed by atoms with Crippen LogP contribution in [0.3, 0.4) is 0 Å². The average Bonchev–Trinajstić information content (AvgIpc) is 2.67. The minimum absolute atomic E-state index is 0.140. The lowest BCUT2D eigenvalue weighted by molar-refractivity contribution is -0.141. The third-order valence-electron chi connectivity index (χ3n) is 2.85. The summed E-state index contributed by atoms with van der Waals surface area (Å²) in [5.74, 6) is -0.313. The van der Waals surface area contributed by atoms with Crippen molar-refractivity contribution in [2.75, 3.05) is 7.11 Å². The number of hydrogen-bond acceptors (Lipinski definition) is 3. The molecule has 0 radical (unpaired) electrons. The number of methoxy groups -OCH3 is 1. The maximum Gasteiger partial charge on any atom is 0.325 e. The number of aromatic nitrogens is 1. The fourth-order valence-electron chi connectivity index (χ4n) is 1.96. The number of esters is 1. The average molecular weight is 312 g/mol. The molecule has 1 N–H and O–H groups in total. The summed E-state index contributed by atoms with van der Waals surface area (Å²) in [6, 6.07) is 5.75. The van der Waals surface area contributed by atoms with Crippen molar-refractivity contribution < 1.29 is 14.6 Å². The second-order valence-corrected chi connectivity index (χ2v) is 5.04. The lowest BCUT2D eigenvalue weighted by Crippen LogP contribution is -2.10. The Kier molecular flexibility index (Phi) is 3.73. The van der Waals surface area contributed by atoms with Gasteiger partial charge in [0, 0.05) is 27.1 Å². The topological polar surface area (TPSA) is 51.5 Å². The summed E-state index contributed by atoms with van der Waals surface area (Å²) in [7, 11) is 1.36. The number of carbonyl (C=O) groups excluding carboxylic acids is 1. The van der Waals surface area contributed by atoms with Gasteiger partial charge in [-0.05, 0) is 25.1 Å². The summed E-state index contributed by atoms with van der Waals surface area (Å²) in [4.78, 5) is 11.4. The van der Waals surface area contributed by atoms with Crippen LogP contribution in [0.15, 0.2) is 28.9 Å². The van der Waals surface area contributed by atoms with E-state index in [2.05, 4.69) is 20.7 Å². The zero-order valence-corrected chi connectivity index (χ0v) is 11.8. The largest absolute Gasteiger partial charge is 0.468 e. The van der Waals surface area contributed by atoms with Gasteiger partial charge in [0.15, 0.2) is 0 Å². The molecule has 96 valence electrons. The van der Waals surface area contributed by atoms with Gasteiger partial charge in [0.1, 0.15) is 6.54 Å². The molecule has 1 atom stereocenters. The van der Waals surface area contributed by atoms with Crippen molar-refractivity contribution in [1.82, 2.24) is 4.57 Å². The van der Waals surface area contributed by atoms with Crippen LogP contribution in [0.1, 0.15) is 18.6 Å². The zero-order valence-electron chi connectivity index (χ0n) is 10.2. The fourth-order valence-corrected chi connectivity index (χ4v) is 2.33. The molecule has 0 spiro atoms.